The number of hydrogen-bond acceptors (Lipinski definition) is 6. The zero-order chi connectivity index (χ0) is 15.4. The Bertz CT molecular complexity index is 574. The van der Waals surface area contributed by atoms with Gasteiger partial charge in [0.2, 0.25) is 0 Å². The van der Waals surface area contributed by atoms with Gasteiger partial charge in [-0.2, -0.15) is 0 Å². The van der Waals surface area contributed by atoms with E-state index < -0.39 is 0 Å². The molecule has 0 radical (unpaired) electrons. The summed E-state index contributed by atoms with van der Waals surface area (Å²) < 4.78 is 0. The lowest BCUT2D eigenvalue weighted by atomic mass is 10.3. The number of rotatable bonds is 7. The molecule has 4 nitrogen and oxygen atoms in total. The second-order valence-corrected chi connectivity index (χ2v) is 7.47. The molecule has 2 aromatic heterocycles. The van der Waals surface area contributed by atoms with Gasteiger partial charge in [-0.25, -0.2) is 9.97 Å². The molecule has 0 amide bonds. The maximum atomic E-state index is 4.81. The highest BCUT2D eigenvalue weighted by Gasteiger charge is 2.14. The van der Waals surface area contributed by atoms with Gasteiger partial charge in [-0.1, -0.05) is 20.8 Å². The van der Waals surface area contributed by atoms with Gasteiger partial charge in [-0.05, 0) is 13.3 Å². The van der Waals surface area contributed by atoms with Crippen molar-refractivity contribution in [1.29, 1.82) is 0 Å². The van der Waals surface area contributed by atoms with Crippen LogP contribution in [0.25, 0.3) is 0 Å². The first kappa shape index (κ1) is 16.4. The van der Waals surface area contributed by atoms with Crippen LogP contribution in [0.3, 0.4) is 0 Å². The predicted octanol–water partition coefficient (Wildman–Crippen LogP) is 3.60. The van der Waals surface area contributed by atoms with Crippen molar-refractivity contribution in [2.24, 2.45) is 0 Å². The maximum Gasteiger partial charge on any atom is 0.185 e. The number of aryl methyl sites for hydroxylation is 2. The highest BCUT2D eigenvalue weighted by Crippen LogP contribution is 2.28. The average molecular weight is 325 g/mol. The molecule has 0 spiro atoms. The van der Waals surface area contributed by atoms with Gasteiger partial charge in [-0.3, -0.25) is 0 Å². The van der Waals surface area contributed by atoms with E-state index >= 15 is 0 Å². The van der Waals surface area contributed by atoms with Crippen molar-refractivity contribution >= 4 is 27.8 Å². The molecule has 0 aromatic carbocycles. The molecular weight excluding hydrogens is 300 g/mol. The normalized spacial score (nSPS) is 11.3. The molecule has 0 aliphatic heterocycles. The Kier molecular flexibility index (Phi) is 5.72. The predicted molar refractivity (Wildman–Crippen MR) is 92.4 cm³/mol. The van der Waals surface area contributed by atoms with Crippen molar-refractivity contribution in [3.63, 3.8) is 0 Å². The van der Waals surface area contributed by atoms with E-state index in [2.05, 4.69) is 49.9 Å². The van der Waals surface area contributed by atoms with Gasteiger partial charge in [0.05, 0.1) is 23.4 Å². The minimum absolute atomic E-state index is 0.498. The Labute approximate surface area is 135 Å². The first-order valence-electron chi connectivity index (χ1n) is 7.33. The van der Waals surface area contributed by atoms with Crippen LogP contribution in [0.1, 0.15) is 41.9 Å². The van der Waals surface area contributed by atoms with Crippen molar-refractivity contribution < 1.29 is 0 Å². The van der Waals surface area contributed by atoms with E-state index in [4.69, 9.17) is 4.98 Å². The van der Waals surface area contributed by atoms with Gasteiger partial charge in [-0.15, -0.1) is 22.7 Å². The molecule has 116 valence electrons. The highest BCUT2D eigenvalue weighted by molar-refractivity contribution is 7.15. The first-order chi connectivity index (χ1) is 10.0. The molecule has 0 aliphatic rings. The van der Waals surface area contributed by atoms with Crippen LogP contribution in [0.4, 0.5) is 5.13 Å². The van der Waals surface area contributed by atoms with Gasteiger partial charge in [0.1, 0.15) is 0 Å². The summed E-state index contributed by atoms with van der Waals surface area (Å²) in [6.07, 6.45) is 0.985. The molecule has 0 unspecified atom stereocenters. The fraction of sp³-hybridized carbons (Fsp3) is 0.600. The van der Waals surface area contributed by atoms with E-state index in [-0.39, 0.29) is 0 Å². The van der Waals surface area contributed by atoms with E-state index in [9.17, 15) is 0 Å². The number of nitrogens with one attached hydrogen (secondary N) is 1. The molecule has 6 heteroatoms. The first-order valence-corrected chi connectivity index (χ1v) is 9.02. The third kappa shape index (κ3) is 4.25. The summed E-state index contributed by atoms with van der Waals surface area (Å²) in [4.78, 5) is 14.0. The van der Waals surface area contributed by atoms with E-state index in [0.29, 0.717) is 6.04 Å². The van der Waals surface area contributed by atoms with Crippen LogP contribution >= 0.6 is 22.7 Å². The van der Waals surface area contributed by atoms with Gasteiger partial charge >= 0.3 is 0 Å². The number of nitrogens with zero attached hydrogens (tertiary/aromatic N) is 3. The SMILES string of the molecule is CCc1nc(N(C)Cc2scnc2C)sc1CNC(C)C. The summed E-state index contributed by atoms with van der Waals surface area (Å²) in [6, 6.07) is 0.498. The molecule has 0 atom stereocenters. The summed E-state index contributed by atoms with van der Waals surface area (Å²) in [5, 5.41) is 4.58. The van der Waals surface area contributed by atoms with Crippen molar-refractivity contribution in [2.45, 2.75) is 53.2 Å². The Morgan fingerprint density at radius 2 is 2.10 bits per heavy atom. The fourth-order valence-corrected chi connectivity index (χ4v) is 3.89. The summed E-state index contributed by atoms with van der Waals surface area (Å²) in [7, 11) is 2.11. The van der Waals surface area contributed by atoms with Gasteiger partial charge in [0.25, 0.3) is 0 Å². The Hall–Kier alpha value is -0.980. The van der Waals surface area contributed by atoms with E-state index in [1.165, 1.54) is 15.4 Å². The van der Waals surface area contributed by atoms with Gasteiger partial charge < -0.3 is 10.2 Å². The number of hydrogen-bond donors (Lipinski definition) is 1. The second kappa shape index (κ2) is 7.33. The lowest BCUT2D eigenvalue weighted by Crippen LogP contribution is -2.21. The number of thiazole rings is 2. The molecule has 0 fully saturated rings. The lowest BCUT2D eigenvalue weighted by Gasteiger charge is -2.14. The van der Waals surface area contributed by atoms with E-state index in [0.717, 1.165) is 30.3 Å². The average Bonchev–Trinajstić information content (AvgIpc) is 3.03. The summed E-state index contributed by atoms with van der Waals surface area (Å²) in [6.45, 7) is 10.4. The Morgan fingerprint density at radius 3 is 2.67 bits per heavy atom. The summed E-state index contributed by atoms with van der Waals surface area (Å²) >= 11 is 3.51. The maximum absolute atomic E-state index is 4.81. The van der Waals surface area contributed by atoms with Crippen molar-refractivity contribution in [3.8, 4) is 0 Å². The van der Waals surface area contributed by atoms with Crippen LogP contribution in [0, 0.1) is 6.92 Å². The van der Waals surface area contributed by atoms with Crippen LogP contribution in [0.2, 0.25) is 0 Å². The third-order valence-electron chi connectivity index (χ3n) is 3.32. The monoisotopic (exact) mass is 324 g/mol. The molecule has 2 heterocycles. The number of anilines is 1. The Morgan fingerprint density at radius 1 is 1.33 bits per heavy atom. The minimum Gasteiger partial charge on any atom is -0.346 e. The standard InChI is InChI=1S/C15H24N4S2/c1-6-12-13(7-16-10(2)3)21-15(18-12)19(5)8-14-11(4)17-9-20-14/h9-10,16H,6-8H2,1-5H3. The Balaban J connectivity index is 2.10. The highest BCUT2D eigenvalue weighted by atomic mass is 32.1. The third-order valence-corrected chi connectivity index (χ3v) is 5.46. The summed E-state index contributed by atoms with van der Waals surface area (Å²) in [5.74, 6) is 0. The zero-order valence-corrected chi connectivity index (χ0v) is 15.1. The molecule has 0 saturated carbocycles. The van der Waals surface area contributed by atoms with Crippen LogP contribution in [-0.4, -0.2) is 23.1 Å². The molecule has 0 bridgehead atoms. The molecule has 0 aliphatic carbocycles. The fourth-order valence-electron chi connectivity index (χ4n) is 2.01. The molecule has 2 aromatic rings. The molecule has 1 N–H and O–H groups in total. The van der Waals surface area contributed by atoms with Gasteiger partial charge in [0, 0.05) is 29.4 Å². The smallest absolute Gasteiger partial charge is 0.185 e. The zero-order valence-electron chi connectivity index (χ0n) is 13.4. The van der Waals surface area contributed by atoms with Crippen LogP contribution in [0.15, 0.2) is 5.51 Å². The van der Waals surface area contributed by atoms with Crippen LogP contribution in [0.5, 0.6) is 0 Å². The van der Waals surface area contributed by atoms with Crippen molar-refractivity contribution in [3.05, 3.63) is 26.7 Å². The molecular formula is C15H24N4S2. The largest absolute Gasteiger partial charge is 0.346 e. The van der Waals surface area contributed by atoms with Gasteiger partial charge in [0.15, 0.2) is 5.13 Å². The topological polar surface area (TPSA) is 41.1 Å². The lowest BCUT2D eigenvalue weighted by molar-refractivity contribution is 0.590. The van der Waals surface area contributed by atoms with Crippen molar-refractivity contribution in [2.75, 3.05) is 11.9 Å². The minimum atomic E-state index is 0.498. The quantitative estimate of drug-likeness (QED) is 0.845. The van der Waals surface area contributed by atoms with E-state index in [1.54, 1.807) is 22.7 Å². The van der Waals surface area contributed by atoms with Crippen LogP contribution in [-0.2, 0) is 19.5 Å². The van der Waals surface area contributed by atoms with Crippen LogP contribution < -0.4 is 10.2 Å². The number of aromatic nitrogens is 2. The second-order valence-electron chi connectivity index (χ2n) is 5.47. The molecule has 0 saturated heterocycles. The van der Waals surface area contributed by atoms with E-state index in [1.807, 2.05) is 5.51 Å². The molecule has 21 heavy (non-hydrogen) atoms. The summed E-state index contributed by atoms with van der Waals surface area (Å²) in [5.41, 5.74) is 4.26. The molecule has 2 rings (SSSR count). The van der Waals surface area contributed by atoms with Crippen molar-refractivity contribution in [1.82, 2.24) is 15.3 Å².